The van der Waals surface area contributed by atoms with Crippen molar-refractivity contribution in [3.63, 3.8) is 0 Å². The summed E-state index contributed by atoms with van der Waals surface area (Å²) in [4.78, 5) is 33.0. The number of hydrogen-bond acceptors (Lipinski definition) is 7. The monoisotopic (exact) mass is 486 g/mol. The van der Waals surface area contributed by atoms with Crippen molar-refractivity contribution in [1.29, 1.82) is 0 Å². The van der Waals surface area contributed by atoms with Crippen LogP contribution < -0.4 is 5.32 Å². The number of rotatable bonds is 4. The van der Waals surface area contributed by atoms with E-state index >= 15 is 0 Å². The Labute approximate surface area is 206 Å². The van der Waals surface area contributed by atoms with Crippen LogP contribution in [-0.2, 0) is 9.47 Å². The third-order valence-corrected chi connectivity index (χ3v) is 6.42. The number of nitrogens with zero attached hydrogens (tertiary/aromatic N) is 5. The van der Waals surface area contributed by atoms with E-state index in [-0.39, 0.29) is 24.3 Å². The summed E-state index contributed by atoms with van der Waals surface area (Å²) >= 11 is 0. The molecular weight excluding hydrogens is 448 g/mol. The standard InChI is InChI=1S/C25H38N6O4/c1-16(2)20-14-26-31-21(13-17(3)27-22(20)31)28-18-7-10-29(11-8-18)23(32)34-19-9-12-30(15-19)24(33)35-25(4,5)6/h13-14,16,18-19,28H,7-12,15H2,1-6H3/t19-/m1/s1. The predicted octanol–water partition coefficient (Wildman–Crippen LogP) is 4.18. The van der Waals surface area contributed by atoms with Crippen molar-refractivity contribution in [2.45, 2.75) is 84.5 Å². The van der Waals surface area contributed by atoms with E-state index in [0.29, 0.717) is 38.5 Å². The molecule has 10 heteroatoms. The quantitative estimate of drug-likeness (QED) is 0.692. The van der Waals surface area contributed by atoms with Gasteiger partial charge in [-0.1, -0.05) is 13.8 Å². The van der Waals surface area contributed by atoms with Gasteiger partial charge in [-0.05, 0) is 46.5 Å². The van der Waals surface area contributed by atoms with E-state index in [9.17, 15) is 9.59 Å². The Morgan fingerprint density at radius 1 is 1.09 bits per heavy atom. The maximum Gasteiger partial charge on any atom is 0.410 e. The number of piperidine rings is 1. The van der Waals surface area contributed by atoms with Crippen LogP contribution in [0.4, 0.5) is 15.4 Å². The molecule has 0 saturated carbocycles. The summed E-state index contributed by atoms with van der Waals surface area (Å²) in [5, 5.41) is 8.17. The molecule has 2 amide bonds. The second-order valence-electron chi connectivity index (χ2n) is 10.9. The average Bonchev–Trinajstić information content (AvgIpc) is 3.40. The van der Waals surface area contributed by atoms with Crippen LogP contribution in [0, 0.1) is 6.92 Å². The number of hydrogen-bond donors (Lipinski definition) is 1. The fraction of sp³-hybridized carbons (Fsp3) is 0.680. The van der Waals surface area contributed by atoms with E-state index in [1.807, 2.05) is 44.5 Å². The van der Waals surface area contributed by atoms with Gasteiger partial charge in [-0.15, -0.1) is 0 Å². The topological polar surface area (TPSA) is 101 Å². The number of carbonyl (C=O) groups is 2. The molecule has 0 aromatic carbocycles. The van der Waals surface area contributed by atoms with Crippen molar-refractivity contribution in [3.8, 4) is 0 Å². The number of carbonyl (C=O) groups excluding carboxylic acids is 2. The van der Waals surface area contributed by atoms with E-state index in [4.69, 9.17) is 9.47 Å². The number of likely N-dealkylation sites (tertiary alicyclic amines) is 2. The van der Waals surface area contributed by atoms with Crippen molar-refractivity contribution >= 4 is 23.7 Å². The Bertz CT molecular complexity index is 1070. The molecule has 192 valence electrons. The van der Waals surface area contributed by atoms with E-state index in [1.54, 1.807) is 9.80 Å². The first-order valence-corrected chi connectivity index (χ1v) is 12.6. The molecule has 0 spiro atoms. The highest BCUT2D eigenvalue weighted by Gasteiger charge is 2.33. The highest BCUT2D eigenvalue weighted by Crippen LogP contribution is 2.24. The summed E-state index contributed by atoms with van der Waals surface area (Å²) in [5.41, 5.74) is 2.42. The van der Waals surface area contributed by atoms with Crippen molar-refractivity contribution in [2.75, 3.05) is 31.5 Å². The summed E-state index contributed by atoms with van der Waals surface area (Å²) in [7, 11) is 0. The third kappa shape index (κ3) is 5.97. The summed E-state index contributed by atoms with van der Waals surface area (Å²) in [6, 6.07) is 2.24. The third-order valence-electron chi connectivity index (χ3n) is 6.42. The molecule has 1 N–H and O–H groups in total. The van der Waals surface area contributed by atoms with Crippen LogP contribution in [-0.4, -0.2) is 80.5 Å². The van der Waals surface area contributed by atoms with Gasteiger partial charge in [-0.3, -0.25) is 0 Å². The summed E-state index contributed by atoms with van der Waals surface area (Å²) in [6.07, 6.45) is 3.17. The van der Waals surface area contributed by atoms with Crippen molar-refractivity contribution in [3.05, 3.63) is 23.5 Å². The summed E-state index contributed by atoms with van der Waals surface area (Å²) < 4.78 is 13.0. The number of fused-ring (bicyclic) bond motifs is 1. The molecule has 2 aromatic heterocycles. The van der Waals surface area contributed by atoms with Crippen LogP contribution in [0.3, 0.4) is 0 Å². The van der Waals surface area contributed by atoms with E-state index < -0.39 is 5.60 Å². The second kappa shape index (κ2) is 9.91. The van der Waals surface area contributed by atoms with Gasteiger partial charge < -0.3 is 24.6 Å². The van der Waals surface area contributed by atoms with Crippen LogP contribution in [0.25, 0.3) is 5.65 Å². The number of aryl methyl sites for hydroxylation is 1. The van der Waals surface area contributed by atoms with Gasteiger partial charge in [0, 0.05) is 49.4 Å². The van der Waals surface area contributed by atoms with Crippen LogP contribution in [0.2, 0.25) is 0 Å². The normalized spacial score (nSPS) is 19.5. The van der Waals surface area contributed by atoms with E-state index in [1.165, 1.54) is 0 Å². The zero-order chi connectivity index (χ0) is 25.3. The minimum Gasteiger partial charge on any atom is -0.444 e. The van der Waals surface area contributed by atoms with Gasteiger partial charge in [-0.25, -0.2) is 14.6 Å². The SMILES string of the molecule is Cc1cc(NC2CCN(C(=O)O[C@@H]3CCN(C(=O)OC(C)(C)C)C3)CC2)n2ncc(C(C)C)c2n1. The van der Waals surface area contributed by atoms with E-state index in [0.717, 1.165) is 35.6 Å². The van der Waals surface area contributed by atoms with Gasteiger partial charge in [-0.2, -0.15) is 9.61 Å². The Morgan fingerprint density at radius 3 is 2.43 bits per heavy atom. The van der Waals surface area contributed by atoms with Crippen LogP contribution in [0.1, 0.15) is 71.1 Å². The van der Waals surface area contributed by atoms with Gasteiger partial charge in [0.15, 0.2) is 5.65 Å². The van der Waals surface area contributed by atoms with Gasteiger partial charge in [0.2, 0.25) is 0 Å². The number of amides is 2. The van der Waals surface area contributed by atoms with Crippen LogP contribution >= 0.6 is 0 Å². The Hall–Kier alpha value is -3.04. The molecule has 0 bridgehead atoms. The molecule has 10 nitrogen and oxygen atoms in total. The van der Waals surface area contributed by atoms with E-state index in [2.05, 4.69) is 29.2 Å². The van der Waals surface area contributed by atoms with Crippen LogP contribution in [0.15, 0.2) is 12.3 Å². The lowest BCUT2D eigenvalue weighted by molar-refractivity contribution is 0.0235. The molecule has 2 fully saturated rings. The summed E-state index contributed by atoms with van der Waals surface area (Å²) in [6.45, 7) is 13.9. The highest BCUT2D eigenvalue weighted by atomic mass is 16.6. The molecule has 2 aliphatic heterocycles. The van der Waals surface area contributed by atoms with Gasteiger partial charge in [0.05, 0.1) is 12.7 Å². The lowest BCUT2D eigenvalue weighted by Gasteiger charge is -2.33. The minimum atomic E-state index is -0.543. The van der Waals surface area contributed by atoms with Gasteiger partial charge >= 0.3 is 12.2 Å². The second-order valence-corrected chi connectivity index (χ2v) is 10.9. The first-order valence-electron chi connectivity index (χ1n) is 12.6. The minimum absolute atomic E-state index is 0.227. The maximum absolute atomic E-state index is 12.7. The molecule has 0 radical (unpaired) electrons. The molecule has 4 rings (SSSR count). The molecule has 2 aliphatic rings. The number of aromatic nitrogens is 3. The Kier molecular flexibility index (Phi) is 7.10. The number of anilines is 1. The van der Waals surface area contributed by atoms with Gasteiger partial charge in [0.1, 0.15) is 17.5 Å². The Morgan fingerprint density at radius 2 is 1.77 bits per heavy atom. The maximum atomic E-state index is 12.7. The average molecular weight is 487 g/mol. The van der Waals surface area contributed by atoms with Gasteiger partial charge in [0.25, 0.3) is 0 Å². The molecule has 35 heavy (non-hydrogen) atoms. The molecule has 0 unspecified atom stereocenters. The fourth-order valence-corrected chi connectivity index (χ4v) is 4.56. The number of ether oxygens (including phenoxy) is 2. The largest absolute Gasteiger partial charge is 0.444 e. The number of nitrogens with one attached hydrogen (secondary N) is 1. The van der Waals surface area contributed by atoms with Crippen molar-refractivity contribution in [1.82, 2.24) is 24.4 Å². The van der Waals surface area contributed by atoms with Crippen molar-refractivity contribution in [2.24, 2.45) is 0 Å². The lowest BCUT2D eigenvalue weighted by Crippen LogP contribution is -2.44. The zero-order valence-electron chi connectivity index (χ0n) is 21.7. The lowest BCUT2D eigenvalue weighted by atomic mass is 10.1. The molecular formula is C25H38N6O4. The predicted molar refractivity (Wildman–Crippen MR) is 133 cm³/mol. The first-order chi connectivity index (χ1) is 16.5. The molecule has 2 aromatic rings. The molecule has 0 aliphatic carbocycles. The smallest absolute Gasteiger partial charge is 0.410 e. The highest BCUT2D eigenvalue weighted by molar-refractivity contribution is 5.70. The Balaban J connectivity index is 1.28. The summed E-state index contributed by atoms with van der Waals surface area (Å²) in [5.74, 6) is 1.27. The first kappa shape index (κ1) is 25.1. The van der Waals surface area contributed by atoms with Crippen molar-refractivity contribution < 1.29 is 19.1 Å². The molecule has 4 heterocycles. The fourth-order valence-electron chi connectivity index (χ4n) is 4.56. The zero-order valence-corrected chi connectivity index (χ0v) is 21.7. The van der Waals surface area contributed by atoms with Crippen LogP contribution in [0.5, 0.6) is 0 Å². The molecule has 2 saturated heterocycles. The molecule has 1 atom stereocenters.